The predicted molar refractivity (Wildman–Crippen MR) is 72.0 cm³/mol. The summed E-state index contributed by atoms with van der Waals surface area (Å²) in [4.78, 5) is 10.7. The van der Waals surface area contributed by atoms with Crippen LogP contribution >= 0.6 is 15.9 Å². The van der Waals surface area contributed by atoms with Crippen molar-refractivity contribution in [2.24, 2.45) is 0 Å². The van der Waals surface area contributed by atoms with E-state index in [-0.39, 0.29) is 6.61 Å². The predicted octanol–water partition coefficient (Wildman–Crippen LogP) is 3.55. The molecule has 0 atom stereocenters. The lowest BCUT2D eigenvalue weighted by atomic mass is 10.2. The Bertz CT molecular complexity index is 567. The maximum absolute atomic E-state index is 10.7. The standard InChI is InChI=1S/C14H11BrO3/c15-14-5-4-13(7-11(14)9-17)18-12-3-1-2-10(6-12)8-16/h1-8,17H,9H2. The monoisotopic (exact) mass is 306 g/mol. The first kappa shape index (κ1) is 12.8. The maximum atomic E-state index is 10.7. The van der Waals surface area contributed by atoms with Crippen LogP contribution in [0.5, 0.6) is 11.5 Å². The highest BCUT2D eigenvalue weighted by atomic mass is 79.9. The molecular weight excluding hydrogens is 296 g/mol. The van der Waals surface area contributed by atoms with Crippen LogP contribution in [0.4, 0.5) is 0 Å². The van der Waals surface area contributed by atoms with Crippen molar-refractivity contribution in [1.29, 1.82) is 0 Å². The minimum atomic E-state index is -0.0633. The quantitative estimate of drug-likeness (QED) is 0.879. The molecule has 0 spiro atoms. The number of rotatable bonds is 4. The van der Waals surface area contributed by atoms with Crippen LogP contribution in [0, 0.1) is 0 Å². The van der Waals surface area contributed by atoms with Crippen LogP contribution in [0.2, 0.25) is 0 Å². The van der Waals surface area contributed by atoms with Crippen molar-refractivity contribution in [3.05, 3.63) is 58.1 Å². The van der Waals surface area contributed by atoms with Crippen LogP contribution in [0.3, 0.4) is 0 Å². The number of aliphatic hydroxyl groups excluding tert-OH is 1. The van der Waals surface area contributed by atoms with Crippen molar-refractivity contribution in [3.63, 3.8) is 0 Å². The van der Waals surface area contributed by atoms with Crippen LogP contribution in [0.15, 0.2) is 46.9 Å². The van der Waals surface area contributed by atoms with E-state index in [4.69, 9.17) is 9.84 Å². The van der Waals surface area contributed by atoms with Crippen molar-refractivity contribution in [2.75, 3.05) is 0 Å². The highest BCUT2D eigenvalue weighted by Gasteiger charge is 2.03. The fourth-order valence-electron chi connectivity index (χ4n) is 1.52. The van der Waals surface area contributed by atoms with Gasteiger partial charge in [0.05, 0.1) is 6.61 Å². The van der Waals surface area contributed by atoms with Gasteiger partial charge in [-0.05, 0) is 35.9 Å². The molecule has 0 amide bonds. The Balaban J connectivity index is 2.25. The second kappa shape index (κ2) is 5.80. The number of aliphatic hydroxyl groups is 1. The summed E-state index contributed by atoms with van der Waals surface area (Å²) in [5.41, 5.74) is 1.31. The van der Waals surface area contributed by atoms with Gasteiger partial charge in [0.15, 0.2) is 0 Å². The van der Waals surface area contributed by atoms with E-state index in [2.05, 4.69) is 15.9 Å². The van der Waals surface area contributed by atoms with Crippen LogP contribution < -0.4 is 4.74 Å². The number of hydrogen-bond donors (Lipinski definition) is 1. The average molecular weight is 307 g/mol. The highest BCUT2D eigenvalue weighted by Crippen LogP contribution is 2.26. The molecule has 18 heavy (non-hydrogen) atoms. The molecule has 0 unspecified atom stereocenters. The molecule has 0 bridgehead atoms. The lowest BCUT2D eigenvalue weighted by Gasteiger charge is -2.08. The van der Waals surface area contributed by atoms with E-state index < -0.39 is 0 Å². The molecule has 0 radical (unpaired) electrons. The fraction of sp³-hybridized carbons (Fsp3) is 0.0714. The summed E-state index contributed by atoms with van der Waals surface area (Å²) in [5, 5.41) is 9.16. The SMILES string of the molecule is O=Cc1cccc(Oc2ccc(Br)c(CO)c2)c1. The highest BCUT2D eigenvalue weighted by molar-refractivity contribution is 9.10. The maximum Gasteiger partial charge on any atom is 0.150 e. The minimum Gasteiger partial charge on any atom is -0.457 e. The second-order valence-corrected chi connectivity index (χ2v) is 4.56. The number of benzene rings is 2. The van der Waals surface area contributed by atoms with Gasteiger partial charge in [-0.25, -0.2) is 0 Å². The molecule has 4 heteroatoms. The molecule has 0 saturated heterocycles. The minimum absolute atomic E-state index is 0.0633. The number of halogens is 1. The van der Waals surface area contributed by atoms with Gasteiger partial charge >= 0.3 is 0 Å². The second-order valence-electron chi connectivity index (χ2n) is 3.70. The van der Waals surface area contributed by atoms with E-state index >= 15 is 0 Å². The van der Waals surface area contributed by atoms with Crippen molar-refractivity contribution in [1.82, 2.24) is 0 Å². The summed E-state index contributed by atoms with van der Waals surface area (Å²) in [6.07, 6.45) is 0.771. The van der Waals surface area contributed by atoms with Gasteiger partial charge in [0.1, 0.15) is 17.8 Å². The molecule has 0 aliphatic heterocycles. The Morgan fingerprint density at radius 3 is 2.67 bits per heavy atom. The van der Waals surface area contributed by atoms with Crippen LogP contribution in [-0.4, -0.2) is 11.4 Å². The smallest absolute Gasteiger partial charge is 0.150 e. The third-order valence-corrected chi connectivity index (χ3v) is 3.19. The first-order chi connectivity index (χ1) is 8.72. The molecule has 2 aromatic carbocycles. The lowest BCUT2D eigenvalue weighted by Crippen LogP contribution is -1.90. The number of hydrogen-bond acceptors (Lipinski definition) is 3. The van der Waals surface area contributed by atoms with Crippen LogP contribution in [-0.2, 0) is 6.61 Å². The summed E-state index contributed by atoms with van der Waals surface area (Å²) in [6, 6.07) is 12.2. The van der Waals surface area contributed by atoms with Crippen LogP contribution in [0.25, 0.3) is 0 Å². The molecule has 3 nitrogen and oxygen atoms in total. The molecule has 1 N–H and O–H groups in total. The molecular formula is C14H11BrO3. The molecule has 0 heterocycles. The zero-order valence-electron chi connectivity index (χ0n) is 9.47. The number of ether oxygens (including phenoxy) is 1. The molecule has 92 valence electrons. The molecule has 0 aliphatic carbocycles. The van der Waals surface area contributed by atoms with Gasteiger partial charge in [-0.3, -0.25) is 4.79 Å². The Labute approximate surface area is 113 Å². The van der Waals surface area contributed by atoms with Gasteiger partial charge in [0.2, 0.25) is 0 Å². The summed E-state index contributed by atoms with van der Waals surface area (Å²) in [7, 11) is 0. The summed E-state index contributed by atoms with van der Waals surface area (Å²) in [5.74, 6) is 1.20. The molecule has 2 rings (SSSR count). The molecule has 0 fully saturated rings. The molecule has 0 saturated carbocycles. The van der Waals surface area contributed by atoms with Gasteiger partial charge in [0, 0.05) is 10.0 Å². The molecule has 0 aliphatic rings. The van der Waals surface area contributed by atoms with E-state index in [0.717, 1.165) is 16.3 Å². The first-order valence-corrected chi connectivity index (χ1v) is 6.14. The lowest BCUT2D eigenvalue weighted by molar-refractivity contribution is 0.112. The largest absolute Gasteiger partial charge is 0.457 e. The van der Waals surface area contributed by atoms with Gasteiger partial charge in [0.25, 0.3) is 0 Å². The molecule has 0 aromatic heterocycles. The van der Waals surface area contributed by atoms with Gasteiger partial charge < -0.3 is 9.84 Å². The zero-order chi connectivity index (χ0) is 13.0. The Morgan fingerprint density at radius 2 is 1.94 bits per heavy atom. The van der Waals surface area contributed by atoms with Crippen molar-refractivity contribution >= 4 is 22.2 Å². The number of aldehydes is 1. The third-order valence-electron chi connectivity index (χ3n) is 2.42. The van der Waals surface area contributed by atoms with Crippen molar-refractivity contribution < 1.29 is 14.6 Å². The zero-order valence-corrected chi connectivity index (χ0v) is 11.1. The summed E-state index contributed by atoms with van der Waals surface area (Å²) < 4.78 is 6.46. The van der Waals surface area contributed by atoms with E-state index in [1.54, 1.807) is 36.4 Å². The van der Waals surface area contributed by atoms with Crippen molar-refractivity contribution in [3.8, 4) is 11.5 Å². The Morgan fingerprint density at radius 1 is 1.17 bits per heavy atom. The van der Waals surface area contributed by atoms with Crippen LogP contribution in [0.1, 0.15) is 15.9 Å². The van der Waals surface area contributed by atoms with Gasteiger partial charge in [-0.2, -0.15) is 0 Å². The van der Waals surface area contributed by atoms with E-state index in [9.17, 15) is 4.79 Å². The topological polar surface area (TPSA) is 46.5 Å². The van der Waals surface area contributed by atoms with E-state index in [0.29, 0.717) is 17.1 Å². The summed E-state index contributed by atoms with van der Waals surface area (Å²) >= 11 is 3.34. The van der Waals surface area contributed by atoms with E-state index in [1.165, 1.54) is 0 Å². The van der Waals surface area contributed by atoms with Gasteiger partial charge in [-0.1, -0.05) is 28.1 Å². The Kier molecular flexibility index (Phi) is 4.12. The van der Waals surface area contributed by atoms with Gasteiger partial charge in [-0.15, -0.1) is 0 Å². The first-order valence-electron chi connectivity index (χ1n) is 5.35. The average Bonchev–Trinajstić information content (AvgIpc) is 2.41. The van der Waals surface area contributed by atoms with Crippen molar-refractivity contribution in [2.45, 2.75) is 6.61 Å². The number of carbonyl (C=O) groups is 1. The normalized spacial score (nSPS) is 10.1. The third kappa shape index (κ3) is 2.97. The summed E-state index contributed by atoms with van der Waals surface area (Å²) in [6.45, 7) is -0.0633. The molecule has 2 aromatic rings. The number of carbonyl (C=O) groups excluding carboxylic acids is 1. The van der Waals surface area contributed by atoms with E-state index in [1.807, 2.05) is 6.07 Å². The Hall–Kier alpha value is -1.65. The fourth-order valence-corrected chi connectivity index (χ4v) is 1.90.